The summed E-state index contributed by atoms with van der Waals surface area (Å²) < 4.78 is 26.8. The van der Waals surface area contributed by atoms with Crippen molar-refractivity contribution in [3.63, 3.8) is 0 Å². The maximum absolute atomic E-state index is 11.0. The van der Waals surface area contributed by atoms with E-state index in [9.17, 15) is 4.89 Å². The first kappa shape index (κ1) is 37.3. The van der Waals surface area contributed by atoms with E-state index < -0.39 is 25.2 Å². The van der Waals surface area contributed by atoms with E-state index in [0.29, 0.717) is 35.9 Å². The lowest BCUT2D eigenvalue weighted by Crippen LogP contribution is -2.37. The van der Waals surface area contributed by atoms with Gasteiger partial charge in [0.05, 0.1) is 18.5 Å². The number of imidazole rings is 1. The predicted molar refractivity (Wildman–Crippen MR) is 181 cm³/mol. The van der Waals surface area contributed by atoms with Crippen molar-refractivity contribution >= 4 is 35.5 Å². The number of aromatic nitrogens is 4. The van der Waals surface area contributed by atoms with Gasteiger partial charge in [-0.3, -0.25) is 9.09 Å². The highest BCUT2D eigenvalue weighted by atomic mass is 32.5. The van der Waals surface area contributed by atoms with Crippen LogP contribution in [0.5, 0.6) is 0 Å². The molecule has 0 amide bonds. The van der Waals surface area contributed by atoms with E-state index in [0.717, 1.165) is 12.8 Å². The van der Waals surface area contributed by atoms with Crippen molar-refractivity contribution in [2.45, 2.75) is 162 Å². The third kappa shape index (κ3) is 12.2. The Hall–Kier alpha value is -1.20. The number of nitrogens with two attached hydrogens (primary N) is 1. The number of nitrogen functional groups attached to an aromatic ring is 1. The van der Waals surface area contributed by atoms with Gasteiger partial charge in [-0.25, -0.2) is 15.0 Å². The largest absolute Gasteiger partial charge is 0.382 e. The predicted octanol–water partition coefficient (Wildman–Crippen LogP) is 8.25. The van der Waals surface area contributed by atoms with Gasteiger partial charge in [0.1, 0.15) is 24.1 Å². The summed E-state index contributed by atoms with van der Waals surface area (Å²) in [5.74, 6) is 0.616. The van der Waals surface area contributed by atoms with E-state index >= 15 is 0 Å². The van der Waals surface area contributed by atoms with Gasteiger partial charge in [0.15, 0.2) is 17.7 Å². The van der Waals surface area contributed by atoms with Gasteiger partial charge < -0.3 is 24.6 Å². The van der Waals surface area contributed by atoms with Crippen molar-refractivity contribution in [3.05, 3.63) is 12.7 Å². The molecule has 1 fully saturated rings. The van der Waals surface area contributed by atoms with Gasteiger partial charge in [0.2, 0.25) is 0 Å². The first-order chi connectivity index (χ1) is 21.1. The Kier molecular flexibility index (Phi) is 16.5. The standard InChI is InChI=1S/C32H58N5O5PS/c1-6-7-8-9-10-11-12-13-14-15-16-17-18-19-20-39-29-28(42-43(38,44)41-25(4)5)26(21-24(2)3)40-32(29)37-23-36-27-30(33)34-22-35-31(27)37/h22-26,28-29,32H,6-21H2,1-5H3,(H,38,44)(H2,33,34,35)/t26-,28?,29+,32-,43?/m1/s1. The van der Waals surface area contributed by atoms with Crippen LogP contribution in [0.15, 0.2) is 12.7 Å². The van der Waals surface area contributed by atoms with Crippen LogP contribution < -0.4 is 5.73 Å². The Morgan fingerprint density at radius 3 is 2.07 bits per heavy atom. The zero-order valence-electron chi connectivity index (χ0n) is 27.7. The molecule has 12 heteroatoms. The summed E-state index contributed by atoms with van der Waals surface area (Å²) in [6.45, 7) is 7.16. The zero-order chi connectivity index (χ0) is 32.0. The Labute approximate surface area is 270 Å². The van der Waals surface area contributed by atoms with E-state index in [1.807, 2.05) is 18.4 Å². The third-order valence-corrected chi connectivity index (χ3v) is 9.77. The first-order valence-electron chi connectivity index (χ1n) is 17.0. The van der Waals surface area contributed by atoms with Gasteiger partial charge >= 0.3 is 6.72 Å². The minimum atomic E-state index is -3.55. The molecule has 3 heterocycles. The molecule has 5 atom stereocenters. The highest BCUT2D eigenvalue weighted by Crippen LogP contribution is 2.51. The molecule has 2 unspecified atom stereocenters. The number of rotatable bonds is 23. The van der Waals surface area contributed by atoms with E-state index in [4.69, 9.17) is 36.1 Å². The number of fused-ring (bicyclic) bond motifs is 1. The molecule has 0 saturated carbocycles. The number of anilines is 1. The van der Waals surface area contributed by atoms with Crippen molar-refractivity contribution in [3.8, 4) is 0 Å². The smallest absolute Gasteiger partial charge is 0.325 e. The lowest BCUT2D eigenvalue weighted by molar-refractivity contribution is -0.0680. The molecule has 0 radical (unpaired) electrons. The summed E-state index contributed by atoms with van der Waals surface area (Å²) >= 11 is 5.41. The van der Waals surface area contributed by atoms with Crippen LogP contribution in [0, 0.1) is 5.92 Å². The summed E-state index contributed by atoms with van der Waals surface area (Å²) in [5.41, 5.74) is 7.12. The molecule has 3 N–H and O–H groups in total. The molecule has 2 aromatic rings. The average Bonchev–Trinajstić information content (AvgIpc) is 3.52. The van der Waals surface area contributed by atoms with Crippen LogP contribution in [-0.4, -0.2) is 55.4 Å². The molecule has 252 valence electrons. The van der Waals surface area contributed by atoms with Gasteiger partial charge in [-0.05, 0) is 44.4 Å². The number of hydrogen-bond donors (Lipinski definition) is 2. The van der Waals surface area contributed by atoms with Crippen LogP contribution in [0.4, 0.5) is 5.82 Å². The molecule has 10 nitrogen and oxygen atoms in total. The Morgan fingerprint density at radius 2 is 1.50 bits per heavy atom. The zero-order valence-corrected chi connectivity index (χ0v) is 29.4. The van der Waals surface area contributed by atoms with Crippen LogP contribution in [0.25, 0.3) is 11.2 Å². The van der Waals surface area contributed by atoms with Gasteiger partial charge in [0.25, 0.3) is 0 Å². The number of unbranched alkanes of at least 4 members (excludes halogenated alkanes) is 13. The van der Waals surface area contributed by atoms with Crippen LogP contribution in [0.3, 0.4) is 0 Å². The minimum absolute atomic E-state index is 0.278. The molecule has 1 aliphatic heterocycles. The van der Waals surface area contributed by atoms with E-state index in [-0.39, 0.29) is 12.2 Å². The fourth-order valence-electron chi connectivity index (χ4n) is 5.91. The second-order valence-corrected chi connectivity index (χ2v) is 15.6. The number of nitrogens with zero attached hydrogens (tertiary/aromatic N) is 4. The topological polar surface area (TPSA) is 127 Å². The molecule has 44 heavy (non-hydrogen) atoms. The first-order valence-corrected chi connectivity index (χ1v) is 19.6. The van der Waals surface area contributed by atoms with Crippen LogP contribution in [0.2, 0.25) is 0 Å². The molecule has 3 rings (SSSR count). The SMILES string of the molecule is CCCCCCCCCCCCCCCCO[C@H]1C(OP(O)(=S)OC(C)C)[C@@H](CC(C)C)O[C@H]1n1cnc2c(N)ncnc21. The van der Waals surface area contributed by atoms with Crippen molar-refractivity contribution in [1.82, 2.24) is 19.5 Å². The Balaban J connectivity index is 1.56. The normalized spacial score (nSPS) is 22.0. The van der Waals surface area contributed by atoms with Crippen LogP contribution in [0.1, 0.15) is 137 Å². The molecule has 2 aromatic heterocycles. The quantitative estimate of drug-likeness (QED) is 0.0892. The molecule has 1 aliphatic rings. The summed E-state index contributed by atoms with van der Waals surface area (Å²) in [4.78, 5) is 23.9. The molecule has 0 spiro atoms. The third-order valence-electron chi connectivity index (χ3n) is 8.06. The lowest BCUT2D eigenvalue weighted by atomic mass is 10.0. The molecule has 1 saturated heterocycles. The summed E-state index contributed by atoms with van der Waals surface area (Å²) in [6.07, 6.45) is 19.5. The van der Waals surface area contributed by atoms with Crippen molar-refractivity contribution < 1.29 is 23.4 Å². The summed E-state index contributed by atoms with van der Waals surface area (Å²) in [5, 5.41) is 0. The second kappa shape index (κ2) is 19.5. The maximum atomic E-state index is 11.0. The van der Waals surface area contributed by atoms with Gasteiger partial charge in [-0.1, -0.05) is 104 Å². The van der Waals surface area contributed by atoms with Crippen LogP contribution >= 0.6 is 6.72 Å². The summed E-state index contributed by atoms with van der Waals surface area (Å²) in [6, 6.07) is 0. The highest BCUT2D eigenvalue weighted by Gasteiger charge is 2.50. The molecular formula is C32H58N5O5PS. The minimum Gasteiger partial charge on any atom is -0.382 e. The monoisotopic (exact) mass is 655 g/mol. The van der Waals surface area contributed by atoms with Gasteiger partial charge in [-0.15, -0.1) is 0 Å². The van der Waals surface area contributed by atoms with E-state index in [1.165, 1.54) is 83.4 Å². The van der Waals surface area contributed by atoms with Gasteiger partial charge in [-0.2, -0.15) is 0 Å². The average molecular weight is 656 g/mol. The van der Waals surface area contributed by atoms with Gasteiger partial charge in [0, 0.05) is 6.61 Å². The van der Waals surface area contributed by atoms with Crippen molar-refractivity contribution in [2.24, 2.45) is 5.92 Å². The van der Waals surface area contributed by atoms with Crippen molar-refractivity contribution in [1.29, 1.82) is 0 Å². The molecular weight excluding hydrogens is 597 g/mol. The van der Waals surface area contributed by atoms with E-state index in [1.54, 1.807) is 6.33 Å². The summed E-state index contributed by atoms with van der Waals surface area (Å²) in [7, 11) is 0. The Bertz CT molecular complexity index is 1140. The maximum Gasteiger partial charge on any atom is 0.325 e. The molecule has 0 aliphatic carbocycles. The van der Waals surface area contributed by atoms with Crippen LogP contribution in [-0.2, 0) is 30.3 Å². The van der Waals surface area contributed by atoms with E-state index in [2.05, 4.69) is 35.7 Å². The molecule has 0 bridgehead atoms. The highest BCUT2D eigenvalue weighted by molar-refractivity contribution is 8.07. The number of ether oxygens (including phenoxy) is 2. The fraction of sp³-hybridized carbons (Fsp3) is 0.844. The molecule has 0 aromatic carbocycles. The fourth-order valence-corrected chi connectivity index (χ4v) is 7.87. The number of hydrogen-bond acceptors (Lipinski definition) is 9. The Morgan fingerprint density at radius 1 is 0.909 bits per heavy atom. The lowest BCUT2D eigenvalue weighted by Gasteiger charge is -2.29. The van der Waals surface area contributed by atoms with Crippen molar-refractivity contribution in [2.75, 3.05) is 12.3 Å². The second-order valence-electron chi connectivity index (χ2n) is 12.9.